The molecule has 1 fully saturated rings. The number of β-amino-alcohol motifs (C(OH)–C–C–N with tert-alkyl or cyclic N) is 1. The van der Waals surface area contributed by atoms with Crippen molar-refractivity contribution in [1.82, 2.24) is 4.90 Å². The van der Waals surface area contributed by atoms with Gasteiger partial charge >= 0.3 is 0 Å². The Bertz CT molecular complexity index is 716. The fourth-order valence-electron chi connectivity index (χ4n) is 3.36. The molecule has 1 aliphatic rings. The molecular formula is C20H23NO4. The average Bonchev–Trinajstić information content (AvgIpc) is 2.61. The third-order valence-corrected chi connectivity index (χ3v) is 4.61. The second-order valence-electron chi connectivity index (χ2n) is 6.71. The lowest BCUT2D eigenvalue weighted by atomic mass is 9.84. The molecule has 3 N–H and O–H groups in total. The number of hydrogen-bond acceptors (Lipinski definition) is 4. The van der Waals surface area contributed by atoms with Crippen LogP contribution in [0, 0.1) is 0 Å². The molecule has 2 aromatic rings. The minimum absolute atomic E-state index is 0.0293. The summed E-state index contributed by atoms with van der Waals surface area (Å²) in [5.41, 5.74) is 0.958. The first-order valence-corrected chi connectivity index (χ1v) is 8.42. The van der Waals surface area contributed by atoms with E-state index in [1.807, 2.05) is 42.5 Å². The van der Waals surface area contributed by atoms with Crippen molar-refractivity contribution in [2.75, 3.05) is 6.54 Å². The molecule has 1 aliphatic heterocycles. The first-order chi connectivity index (χ1) is 12.0. The van der Waals surface area contributed by atoms with Crippen molar-refractivity contribution in [3.63, 3.8) is 0 Å². The number of aliphatic hydroxyl groups is 3. The molecule has 1 amide bonds. The van der Waals surface area contributed by atoms with E-state index in [1.165, 1.54) is 4.90 Å². The predicted octanol–water partition coefficient (Wildman–Crippen LogP) is 1.25. The van der Waals surface area contributed by atoms with Crippen LogP contribution in [-0.4, -0.2) is 44.4 Å². The first-order valence-electron chi connectivity index (χ1n) is 8.42. The molecule has 25 heavy (non-hydrogen) atoms. The minimum Gasteiger partial charge on any atom is -0.392 e. The lowest BCUT2D eigenvalue weighted by molar-refractivity contribution is -0.165. The van der Waals surface area contributed by atoms with Crippen LogP contribution in [0.3, 0.4) is 0 Å². The number of hydrogen-bond donors (Lipinski definition) is 3. The summed E-state index contributed by atoms with van der Waals surface area (Å²) in [5, 5.41) is 30.2. The molecule has 0 bridgehead atoms. The summed E-state index contributed by atoms with van der Waals surface area (Å²) in [7, 11) is 0. The molecule has 1 saturated heterocycles. The van der Waals surface area contributed by atoms with Crippen LogP contribution < -0.4 is 0 Å². The van der Waals surface area contributed by atoms with E-state index in [9.17, 15) is 15.0 Å². The van der Waals surface area contributed by atoms with E-state index < -0.39 is 11.7 Å². The van der Waals surface area contributed by atoms with Gasteiger partial charge in [0.05, 0.1) is 12.7 Å². The monoisotopic (exact) mass is 341 g/mol. The van der Waals surface area contributed by atoms with Crippen molar-refractivity contribution >= 4 is 5.91 Å². The number of piperidine rings is 1. The molecule has 3 rings (SSSR count). The van der Waals surface area contributed by atoms with Crippen LogP contribution in [-0.2, 0) is 24.4 Å². The van der Waals surface area contributed by atoms with Crippen molar-refractivity contribution in [3.05, 3.63) is 71.3 Å². The van der Waals surface area contributed by atoms with E-state index in [2.05, 4.69) is 0 Å². The van der Waals surface area contributed by atoms with Gasteiger partial charge in [0.15, 0.2) is 0 Å². The van der Waals surface area contributed by atoms with Crippen molar-refractivity contribution in [2.45, 2.75) is 37.7 Å². The number of benzene rings is 2. The van der Waals surface area contributed by atoms with Gasteiger partial charge < -0.3 is 20.2 Å². The molecular weight excluding hydrogens is 318 g/mol. The van der Waals surface area contributed by atoms with E-state index >= 15 is 0 Å². The Kier molecular flexibility index (Phi) is 5.18. The van der Waals surface area contributed by atoms with Crippen LogP contribution in [0.2, 0.25) is 0 Å². The van der Waals surface area contributed by atoms with Gasteiger partial charge in [0.25, 0.3) is 5.91 Å². The standard InChI is InChI=1S/C20H23NO4/c22-14-17-8-6-16(7-9-17)12-21-13-18(23)11-20(25,19(21)24)10-15-4-2-1-3-5-15/h1-9,18,22-23,25H,10-14H2. The normalized spacial score (nSPS) is 23.7. The molecule has 2 atom stereocenters. The topological polar surface area (TPSA) is 81.0 Å². The Morgan fingerprint density at radius 2 is 1.64 bits per heavy atom. The predicted molar refractivity (Wildman–Crippen MR) is 93.5 cm³/mol. The minimum atomic E-state index is -1.59. The second kappa shape index (κ2) is 7.35. The van der Waals surface area contributed by atoms with E-state index in [4.69, 9.17) is 5.11 Å². The van der Waals surface area contributed by atoms with Crippen molar-refractivity contribution < 1.29 is 20.1 Å². The highest BCUT2D eigenvalue weighted by Gasteiger charge is 2.45. The quantitative estimate of drug-likeness (QED) is 0.764. The van der Waals surface area contributed by atoms with Gasteiger partial charge in [0, 0.05) is 25.9 Å². The van der Waals surface area contributed by atoms with Gasteiger partial charge in [-0.25, -0.2) is 0 Å². The molecule has 2 aromatic carbocycles. The molecule has 132 valence electrons. The fourth-order valence-corrected chi connectivity index (χ4v) is 3.36. The van der Waals surface area contributed by atoms with Gasteiger partial charge in [-0.15, -0.1) is 0 Å². The highest BCUT2D eigenvalue weighted by molar-refractivity contribution is 5.86. The van der Waals surface area contributed by atoms with Crippen LogP contribution in [0.1, 0.15) is 23.1 Å². The second-order valence-corrected chi connectivity index (χ2v) is 6.71. The van der Waals surface area contributed by atoms with Gasteiger partial charge in [-0.3, -0.25) is 4.79 Å². The van der Waals surface area contributed by atoms with Gasteiger partial charge in [-0.1, -0.05) is 54.6 Å². The molecule has 5 nitrogen and oxygen atoms in total. The van der Waals surface area contributed by atoms with Gasteiger partial charge in [0.1, 0.15) is 5.60 Å². The van der Waals surface area contributed by atoms with E-state index in [1.54, 1.807) is 12.1 Å². The first kappa shape index (κ1) is 17.6. The maximum absolute atomic E-state index is 12.8. The van der Waals surface area contributed by atoms with E-state index in [-0.39, 0.29) is 31.9 Å². The number of nitrogens with zero attached hydrogens (tertiary/aromatic N) is 1. The lowest BCUT2D eigenvalue weighted by Crippen LogP contribution is -2.58. The van der Waals surface area contributed by atoms with Gasteiger partial charge in [-0.05, 0) is 16.7 Å². The Morgan fingerprint density at radius 3 is 2.28 bits per heavy atom. The Morgan fingerprint density at radius 1 is 1.00 bits per heavy atom. The van der Waals surface area contributed by atoms with Crippen LogP contribution in [0.25, 0.3) is 0 Å². The zero-order valence-electron chi connectivity index (χ0n) is 14.0. The lowest BCUT2D eigenvalue weighted by Gasteiger charge is -2.40. The van der Waals surface area contributed by atoms with E-state index in [0.717, 1.165) is 16.7 Å². The summed E-state index contributed by atoms with van der Waals surface area (Å²) < 4.78 is 0. The number of rotatable bonds is 5. The van der Waals surface area contributed by atoms with Crippen molar-refractivity contribution in [3.8, 4) is 0 Å². The highest BCUT2D eigenvalue weighted by atomic mass is 16.3. The molecule has 0 aliphatic carbocycles. The molecule has 0 radical (unpaired) electrons. The summed E-state index contributed by atoms with van der Waals surface area (Å²) in [6.45, 7) is 0.495. The number of likely N-dealkylation sites (tertiary alicyclic amines) is 1. The fraction of sp³-hybridized carbons (Fsp3) is 0.350. The zero-order valence-corrected chi connectivity index (χ0v) is 14.0. The number of amides is 1. The summed E-state index contributed by atoms with van der Waals surface area (Å²) in [5.74, 6) is -0.354. The maximum Gasteiger partial charge on any atom is 0.255 e. The summed E-state index contributed by atoms with van der Waals surface area (Å²) in [6, 6.07) is 16.6. The number of aliphatic hydroxyl groups excluding tert-OH is 2. The maximum atomic E-state index is 12.8. The molecule has 5 heteroatoms. The smallest absolute Gasteiger partial charge is 0.255 e. The summed E-state index contributed by atoms with van der Waals surface area (Å²) in [4.78, 5) is 14.4. The Labute approximate surface area is 147 Å². The third-order valence-electron chi connectivity index (χ3n) is 4.61. The summed E-state index contributed by atoms with van der Waals surface area (Å²) >= 11 is 0. The van der Waals surface area contributed by atoms with Crippen LogP contribution >= 0.6 is 0 Å². The molecule has 1 heterocycles. The number of carbonyl (C=O) groups is 1. The molecule has 0 spiro atoms. The molecule has 0 aromatic heterocycles. The Hall–Kier alpha value is -2.21. The average molecular weight is 341 g/mol. The largest absolute Gasteiger partial charge is 0.392 e. The zero-order chi connectivity index (χ0) is 17.9. The molecule has 0 saturated carbocycles. The van der Waals surface area contributed by atoms with Crippen LogP contribution in [0.4, 0.5) is 0 Å². The van der Waals surface area contributed by atoms with Crippen LogP contribution in [0.15, 0.2) is 54.6 Å². The number of carbonyl (C=O) groups excluding carboxylic acids is 1. The van der Waals surface area contributed by atoms with Crippen molar-refractivity contribution in [1.29, 1.82) is 0 Å². The third kappa shape index (κ3) is 4.07. The Balaban J connectivity index is 1.76. The highest BCUT2D eigenvalue weighted by Crippen LogP contribution is 2.28. The SMILES string of the molecule is O=C1N(Cc2ccc(CO)cc2)CC(O)CC1(O)Cc1ccccc1. The van der Waals surface area contributed by atoms with Gasteiger partial charge in [0.2, 0.25) is 0 Å². The molecule has 2 unspecified atom stereocenters. The van der Waals surface area contributed by atoms with Gasteiger partial charge in [-0.2, -0.15) is 0 Å². The van der Waals surface area contributed by atoms with E-state index in [0.29, 0.717) is 6.54 Å². The van der Waals surface area contributed by atoms with Crippen LogP contribution in [0.5, 0.6) is 0 Å². The van der Waals surface area contributed by atoms with Crippen molar-refractivity contribution in [2.24, 2.45) is 0 Å². The summed E-state index contributed by atoms with van der Waals surface area (Å²) in [6.07, 6.45) is -0.534.